The second-order valence-corrected chi connectivity index (χ2v) is 9.13. The molecule has 0 aliphatic rings. The van der Waals surface area contributed by atoms with Gasteiger partial charge in [0, 0.05) is 18.8 Å². The first-order valence-corrected chi connectivity index (χ1v) is 10.2. The lowest BCUT2D eigenvalue weighted by Crippen LogP contribution is -2.41. The molecule has 23 heavy (non-hydrogen) atoms. The van der Waals surface area contributed by atoms with Crippen LogP contribution in [0.2, 0.25) is 0 Å². The highest BCUT2D eigenvalue weighted by atomic mass is 32.1. The van der Waals surface area contributed by atoms with Gasteiger partial charge in [-0.3, -0.25) is 9.56 Å². The Balaban J connectivity index is 5.14. The minimum absolute atomic E-state index is 0.627. The number of hydrogen-bond donors (Lipinski definition) is 0. The van der Waals surface area contributed by atoms with Gasteiger partial charge in [0.25, 0.3) is 0 Å². The van der Waals surface area contributed by atoms with E-state index in [0.717, 1.165) is 0 Å². The minimum Gasteiger partial charge on any atom is -0.790 e. The van der Waals surface area contributed by atoms with E-state index < -0.39 is 53.8 Å². The maximum Gasteiger partial charge on any atom is 0.593 e. The van der Waals surface area contributed by atoms with Gasteiger partial charge in [-0.25, -0.2) is 4.57 Å². The minimum atomic E-state index is -5.68. The van der Waals surface area contributed by atoms with Crippen LogP contribution in [0, 0.1) is 0 Å². The number of carbonyl (C=O) groups is 1. The molecule has 0 aliphatic carbocycles. The highest BCUT2D eigenvalue weighted by molar-refractivity contribution is 8.20. The standard InChI is InChI=1S/C7H13O13P3/c1-2-7(5-6(8)9,18-22(13,14)15)3-4-17-23(16,20-19-10)21(11)12/h2,10H,1,3-5H2,(H,8,9)(H2,13,14,15)/p-4. The van der Waals surface area contributed by atoms with Crippen molar-refractivity contribution in [3.63, 3.8) is 0 Å². The van der Waals surface area contributed by atoms with Crippen LogP contribution in [0.25, 0.3) is 0 Å². The molecule has 16 heteroatoms. The Morgan fingerprint density at radius 3 is 2.26 bits per heavy atom. The summed E-state index contributed by atoms with van der Waals surface area (Å²) >= 11 is 0. The zero-order chi connectivity index (χ0) is 18.3. The molecule has 0 spiro atoms. The van der Waals surface area contributed by atoms with Gasteiger partial charge in [-0.15, -0.1) is 11.3 Å². The summed E-state index contributed by atoms with van der Waals surface area (Å²) in [6.07, 6.45) is -1.35. The molecule has 0 amide bonds. The summed E-state index contributed by atoms with van der Waals surface area (Å²) < 4.78 is 44.5. The van der Waals surface area contributed by atoms with Crippen LogP contribution in [0.15, 0.2) is 12.7 Å². The number of carbonyl (C=O) groups excluding carboxylic acids is 1. The molecule has 3 atom stereocenters. The highest BCUT2D eigenvalue weighted by Gasteiger charge is 2.43. The fourth-order valence-corrected chi connectivity index (χ4v) is 3.35. The molecule has 0 aliphatic heterocycles. The molecule has 0 saturated carbocycles. The Kier molecular flexibility index (Phi) is 8.85. The van der Waals surface area contributed by atoms with E-state index in [4.69, 9.17) is 0 Å². The Morgan fingerprint density at radius 1 is 1.35 bits per heavy atom. The third-order valence-electron chi connectivity index (χ3n) is 2.21. The molecule has 134 valence electrons. The van der Waals surface area contributed by atoms with Gasteiger partial charge >= 0.3 is 15.0 Å². The van der Waals surface area contributed by atoms with Crippen molar-refractivity contribution in [2.75, 3.05) is 6.61 Å². The first kappa shape index (κ1) is 22.4. The molecule has 13 nitrogen and oxygen atoms in total. The summed E-state index contributed by atoms with van der Waals surface area (Å²) in [7, 11) is -14.7. The number of aliphatic carboxylic acids is 1. The summed E-state index contributed by atoms with van der Waals surface area (Å²) in [6, 6.07) is 0. The lowest BCUT2D eigenvalue weighted by atomic mass is 9.96. The monoisotopic (exact) mass is 394 g/mol. The molecule has 0 heterocycles. The molecular formula is C7H9O13P3-4. The molecule has 0 N–H and O–H groups in total. The van der Waals surface area contributed by atoms with Crippen LogP contribution >= 0.6 is 22.8 Å². The van der Waals surface area contributed by atoms with Crippen LogP contribution in [0.5, 0.6) is 0 Å². The fourth-order valence-electron chi connectivity index (χ4n) is 1.31. The number of carboxylic acids is 1. The zero-order valence-electron chi connectivity index (χ0n) is 11.1. The molecular weight excluding hydrogens is 385 g/mol. The van der Waals surface area contributed by atoms with E-state index >= 15 is 0 Å². The van der Waals surface area contributed by atoms with Gasteiger partial charge in [-0.1, -0.05) is 10.6 Å². The fraction of sp³-hybridized carbons (Fsp3) is 0.571. The Labute approximate surface area is 129 Å². The Morgan fingerprint density at radius 2 is 1.91 bits per heavy atom. The third-order valence-corrected chi connectivity index (χ3v) is 5.71. The largest absolute Gasteiger partial charge is 0.790 e. The van der Waals surface area contributed by atoms with E-state index in [1.807, 2.05) is 0 Å². The van der Waals surface area contributed by atoms with E-state index in [2.05, 4.69) is 25.3 Å². The average Bonchev–Trinajstić information content (AvgIpc) is 2.35. The molecule has 0 saturated heterocycles. The van der Waals surface area contributed by atoms with Crippen molar-refractivity contribution in [1.82, 2.24) is 0 Å². The van der Waals surface area contributed by atoms with Crippen LogP contribution in [0.4, 0.5) is 0 Å². The van der Waals surface area contributed by atoms with Gasteiger partial charge in [0.05, 0.1) is 20.0 Å². The van der Waals surface area contributed by atoms with E-state index in [-0.39, 0.29) is 0 Å². The predicted octanol–water partition coefficient (Wildman–Crippen LogP) is -3.26. The molecule has 0 aromatic carbocycles. The summed E-state index contributed by atoms with van der Waals surface area (Å²) in [5.74, 6) is -1.84. The maximum absolute atomic E-state index is 11.5. The number of rotatable bonds is 12. The number of carboxylic acid groups (broad SMARTS) is 1. The van der Waals surface area contributed by atoms with E-state index in [1.54, 1.807) is 0 Å². The third kappa shape index (κ3) is 8.20. The summed E-state index contributed by atoms with van der Waals surface area (Å²) in [4.78, 5) is 42.6. The second-order valence-electron chi connectivity index (χ2n) is 3.79. The number of phosphoric ester groups is 1. The van der Waals surface area contributed by atoms with Crippen LogP contribution < -0.4 is 25.0 Å². The molecule has 0 radical (unpaired) electrons. The molecule has 0 aromatic heterocycles. The van der Waals surface area contributed by atoms with Crippen molar-refractivity contribution in [3.05, 3.63) is 12.7 Å². The maximum atomic E-state index is 11.5. The Bertz CT molecular complexity index is 540. The highest BCUT2D eigenvalue weighted by Crippen LogP contribution is 2.66. The van der Waals surface area contributed by atoms with Crippen molar-refractivity contribution in [3.8, 4) is 0 Å². The van der Waals surface area contributed by atoms with Gasteiger partial charge < -0.3 is 38.9 Å². The van der Waals surface area contributed by atoms with Gasteiger partial charge in [-0.2, -0.15) is 0 Å². The van der Waals surface area contributed by atoms with E-state index in [1.165, 1.54) is 0 Å². The van der Waals surface area contributed by atoms with Crippen molar-refractivity contribution in [2.24, 2.45) is 0 Å². The van der Waals surface area contributed by atoms with Gasteiger partial charge in [-0.05, 0) is 0 Å². The van der Waals surface area contributed by atoms with Crippen LogP contribution in [-0.2, 0) is 37.2 Å². The topological polar surface area (TPSA) is 220 Å². The van der Waals surface area contributed by atoms with Crippen LogP contribution in [0.3, 0.4) is 0 Å². The lowest BCUT2D eigenvalue weighted by molar-refractivity contribution is -0.780. The molecule has 0 fully saturated rings. The second kappa shape index (κ2) is 9.07. The molecule has 0 aromatic rings. The van der Waals surface area contributed by atoms with Crippen LogP contribution in [0.1, 0.15) is 12.8 Å². The first-order chi connectivity index (χ1) is 10.4. The zero-order valence-corrected chi connectivity index (χ0v) is 13.7. The average molecular weight is 394 g/mol. The summed E-state index contributed by atoms with van der Waals surface area (Å²) in [5.41, 5.74) is -2.35. The summed E-state index contributed by atoms with van der Waals surface area (Å²) in [5, 5.41) is 23.0. The number of hydrogen-bond acceptors (Lipinski definition) is 13. The van der Waals surface area contributed by atoms with Crippen molar-refractivity contribution < 1.29 is 62.3 Å². The van der Waals surface area contributed by atoms with Crippen molar-refractivity contribution in [2.45, 2.75) is 18.4 Å². The number of phosphoric acid groups is 1. The van der Waals surface area contributed by atoms with Crippen molar-refractivity contribution in [1.29, 1.82) is 0 Å². The first-order valence-electron chi connectivity index (χ1n) is 5.34. The normalized spacial score (nSPS) is 17.8. The van der Waals surface area contributed by atoms with Gasteiger partial charge in [0.15, 0.2) is 0 Å². The van der Waals surface area contributed by atoms with E-state index in [9.17, 15) is 43.5 Å². The lowest BCUT2D eigenvalue weighted by Gasteiger charge is -2.40. The van der Waals surface area contributed by atoms with Gasteiger partial charge in [0.2, 0.25) is 0 Å². The molecule has 3 unspecified atom stereocenters. The van der Waals surface area contributed by atoms with Gasteiger partial charge in [0.1, 0.15) is 0 Å². The quantitative estimate of drug-likeness (QED) is 0.137. The molecule has 0 rings (SSSR count). The van der Waals surface area contributed by atoms with Crippen molar-refractivity contribution >= 4 is 28.8 Å². The smallest absolute Gasteiger partial charge is 0.593 e. The molecule has 0 bridgehead atoms. The Hall–Kier alpha value is -0.550. The van der Waals surface area contributed by atoms with Crippen LogP contribution in [-0.4, -0.2) is 18.2 Å². The summed E-state index contributed by atoms with van der Waals surface area (Å²) in [6.45, 7) is 2.12. The SMILES string of the molecule is C=CC(CCOP(=O)(OO[O-])[P+](=O)[O-])(CC(=O)[O-])OP(=O)([O-])[O-]. The predicted molar refractivity (Wildman–Crippen MR) is 59.2 cm³/mol. The van der Waals surface area contributed by atoms with E-state index in [0.29, 0.717) is 6.08 Å².